The van der Waals surface area contributed by atoms with Crippen molar-refractivity contribution in [2.75, 3.05) is 55.7 Å². The molecule has 1 aromatic carbocycles. The van der Waals surface area contributed by atoms with Gasteiger partial charge in [-0.05, 0) is 37.8 Å². The highest BCUT2D eigenvalue weighted by Gasteiger charge is 2.35. The van der Waals surface area contributed by atoms with Crippen molar-refractivity contribution >= 4 is 28.2 Å². The summed E-state index contributed by atoms with van der Waals surface area (Å²) in [4.78, 5) is 36.8. The zero-order chi connectivity index (χ0) is 29.1. The lowest BCUT2D eigenvalue weighted by atomic mass is 10.0. The fourth-order valence-electron chi connectivity index (χ4n) is 5.98. The van der Waals surface area contributed by atoms with Gasteiger partial charge in [-0.2, -0.15) is 9.97 Å². The maximum absolute atomic E-state index is 12.5. The zero-order valence-electron chi connectivity index (χ0n) is 24.2. The molecule has 218 valence electrons. The van der Waals surface area contributed by atoms with Crippen LogP contribution in [0.25, 0.3) is 15.6 Å². The van der Waals surface area contributed by atoms with Gasteiger partial charge in [0.1, 0.15) is 11.9 Å². The molecule has 2 fully saturated rings. The summed E-state index contributed by atoms with van der Waals surface area (Å²) in [6.45, 7) is 17.7. The summed E-state index contributed by atoms with van der Waals surface area (Å²) in [5, 5.41) is 2.33. The molecule has 3 aromatic rings. The molecule has 4 heterocycles. The molecule has 2 aromatic heterocycles. The summed E-state index contributed by atoms with van der Waals surface area (Å²) in [5.41, 5.74) is 4.36. The van der Waals surface area contributed by atoms with Crippen molar-refractivity contribution in [1.29, 1.82) is 0 Å². The fraction of sp³-hybridized carbons (Fsp3) is 0.469. The average molecular weight is 568 g/mol. The zero-order valence-corrected chi connectivity index (χ0v) is 24.2. The Labute approximate surface area is 246 Å². The van der Waals surface area contributed by atoms with Crippen molar-refractivity contribution < 1.29 is 14.3 Å². The highest BCUT2D eigenvalue weighted by Crippen LogP contribution is 2.35. The van der Waals surface area contributed by atoms with Crippen LogP contribution in [0.5, 0.6) is 6.01 Å². The summed E-state index contributed by atoms with van der Waals surface area (Å²) >= 11 is 0. The minimum Gasteiger partial charge on any atom is -0.463 e. The Kier molecular flexibility index (Phi) is 8.20. The molecule has 1 aliphatic carbocycles. The van der Waals surface area contributed by atoms with E-state index in [2.05, 4.69) is 51.3 Å². The molecular weight excluding hydrogens is 530 g/mol. The monoisotopic (exact) mass is 567 g/mol. The van der Waals surface area contributed by atoms with Gasteiger partial charge in [-0.3, -0.25) is 9.78 Å². The van der Waals surface area contributed by atoms with E-state index in [9.17, 15) is 4.79 Å². The smallest absolute Gasteiger partial charge is 0.318 e. The molecule has 10 nitrogen and oxygen atoms in total. The van der Waals surface area contributed by atoms with Gasteiger partial charge in [0.2, 0.25) is 12.5 Å². The first kappa shape index (κ1) is 27.9. The number of amides is 1. The Hall–Kier alpha value is -4.23. The van der Waals surface area contributed by atoms with Gasteiger partial charge in [0, 0.05) is 55.1 Å². The molecule has 10 heteroatoms. The molecule has 0 radical (unpaired) electrons. The number of fused-ring (bicyclic) bond motifs is 2. The Morgan fingerprint density at radius 3 is 2.86 bits per heavy atom. The number of ether oxygens (including phenoxy) is 2. The third-order valence-corrected chi connectivity index (χ3v) is 8.27. The van der Waals surface area contributed by atoms with Crippen LogP contribution in [-0.2, 0) is 22.5 Å². The number of carbonyl (C=O) groups is 1. The molecule has 1 atom stereocenters. The van der Waals surface area contributed by atoms with Gasteiger partial charge in [0.25, 0.3) is 0 Å². The molecule has 1 saturated heterocycles. The van der Waals surface area contributed by atoms with Crippen molar-refractivity contribution in [3.05, 3.63) is 71.5 Å². The number of hydrogen-bond donors (Lipinski definition) is 0. The number of piperazine rings is 1. The highest BCUT2D eigenvalue weighted by atomic mass is 16.5. The molecule has 1 amide bonds. The standard InChI is InChI=1S/C32H37N7O3/c1-4-29(40)39-14-13-38(20-24(39)18-33-3)31-26-11-12-37(28-19-34-17-23-8-5-7-22(2)30(23)28)21-27(26)35-32(36-31)42-16-6-15-41-25-9-10-25/h4-5,7-8,17,19,24-25H,1,6,9-16,18,20-21H2,2H3/t24-/m0/s1. The molecule has 2 aliphatic heterocycles. The summed E-state index contributed by atoms with van der Waals surface area (Å²) in [6.07, 6.45) is 9.46. The SMILES string of the molecule is [C-]#[N+]C[C@H]1CN(c2nc(OCCCOC3CC3)nc3c2CCN(c2cncc4cccc(C)c24)C3)CCN1C(=O)C=C. The number of aromatic nitrogens is 3. The van der Waals surface area contributed by atoms with Crippen LogP contribution in [0.2, 0.25) is 0 Å². The average Bonchev–Trinajstić information content (AvgIpc) is 3.84. The molecule has 0 spiro atoms. The van der Waals surface area contributed by atoms with Gasteiger partial charge in [0.15, 0.2) is 0 Å². The summed E-state index contributed by atoms with van der Waals surface area (Å²) in [5.74, 6) is 0.705. The van der Waals surface area contributed by atoms with E-state index in [1.54, 1.807) is 4.90 Å². The lowest BCUT2D eigenvalue weighted by molar-refractivity contribution is -0.128. The van der Waals surface area contributed by atoms with Gasteiger partial charge >= 0.3 is 6.01 Å². The third kappa shape index (κ3) is 5.88. The number of benzene rings is 1. The number of carbonyl (C=O) groups excluding carboxylic acids is 1. The second-order valence-corrected chi connectivity index (χ2v) is 11.2. The van der Waals surface area contributed by atoms with E-state index < -0.39 is 0 Å². The van der Waals surface area contributed by atoms with Gasteiger partial charge in [-0.25, -0.2) is 6.57 Å². The van der Waals surface area contributed by atoms with Gasteiger partial charge in [0.05, 0.1) is 43.4 Å². The second kappa shape index (κ2) is 12.3. The number of aryl methyl sites for hydroxylation is 1. The number of hydrogen-bond acceptors (Lipinski definition) is 8. The largest absolute Gasteiger partial charge is 0.463 e. The van der Waals surface area contributed by atoms with Gasteiger partial charge in [-0.15, -0.1) is 0 Å². The minimum atomic E-state index is -0.235. The van der Waals surface area contributed by atoms with Crippen LogP contribution in [0.4, 0.5) is 11.5 Å². The van der Waals surface area contributed by atoms with E-state index in [1.807, 2.05) is 12.4 Å². The van der Waals surface area contributed by atoms with Gasteiger partial charge in [-0.1, -0.05) is 24.8 Å². The second-order valence-electron chi connectivity index (χ2n) is 11.2. The molecule has 1 saturated carbocycles. The predicted octanol–water partition coefficient (Wildman–Crippen LogP) is 3.97. The lowest BCUT2D eigenvalue weighted by Crippen LogP contribution is -2.56. The molecule has 0 N–H and O–H groups in total. The van der Waals surface area contributed by atoms with Crippen molar-refractivity contribution in [2.45, 2.75) is 51.3 Å². The van der Waals surface area contributed by atoms with Crippen molar-refractivity contribution in [2.24, 2.45) is 0 Å². The van der Waals surface area contributed by atoms with Crippen LogP contribution in [0.15, 0.2) is 43.2 Å². The topological polar surface area (TPSA) is 88.3 Å². The van der Waals surface area contributed by atoms with E-state index in [-0.39, 0.29) is 18.5 Å². The molecular formula is C32H37N7O3. The normalized spacial score (nSPS) is 18.5. The summed E-state index contributed by atoms with van der Waals surface area (Å²) in [7, 11) is 0. The maximum Gasteiger partial charge on any atom is 0.318 e. The van der Waals surface area contributed by atoms with Crippen LogP contribution in [0, 0.1) is 13.5 Å². The fourth-order valence-corrected chi connectivity index (χ4v) is 5.98. The van der Waals surface area contributed by atoms with Crippen LogP contribution >= 0.6 is 0 Å². The number of nitrogens with zero attached hydrogens (tertiary/aromatic N) is 7. The number of rotatable bonds is 10. The maximum atomic E-state index is 12.5. The van der Waals surface area contributed by atoms with Crippen LogP contribution < -0.4 is 14.5 Å². The van der Waals surface area contributed by atoms with Crippen molar-refractivity contribution in [3.63, 3.8) is 0 Å². The first-order valence-corrected chi connectivity index (χ1v) is 14.8. The van der Waals surface area contributed by atoms with E-state index in [1.165, 1.54) is 17.0 Å². The first-order valence-electron chi connectivity index (χ1n) is 14.8. The molecule has 42 heavy (non-hydrogen) atoms. The van der Waals surface area contributed by atoms with E-state index in [4.69, 9.17) is 26.0 Å². The van der Waals surface area contributed by atoms with Crippen LogP contribution in [0.1, 0.15) is 36.1 Å². The van der Waals surface area contributed by atoms with E-state index in [0.29, 0.717) is 51.5 Å². The molecule has 0 bridgehead atoms. The molecule has 0 unspecified atom stereocenters. The summed E-state index contributed by atoms with van der Waals surface area (Å²) in [6, 6.07) is 6.43. The Morgan fingerprint density at radius 1 is 1.17 bits per heavy atom. The van der Waals surface area contributed by atoms with Crippen LogP contribution in [-0.4, -0.2) is 83.8 Å². The van der Waals surface area contributed by atoms with E-state index in [0.717, 1.165) is 60.4 Å². The molecule has 6 rings (SSSR count). The van der Waals surface area contributed by atoms with E-state index >= 15 is 0 Å². The van der Waals surface area contributed by atoms with Crippen molar-refractivity contribution in [3.8, 4) is 6.01 Å². The summed E-state index contributed by atoms with van der Waals surface area (Å²) < 4.78 is 11.9. The Morgan fingerprint density at radius 2 is 2.05 bits per heavy atom. The number of pyridine rings is 1. The van der Waals surface area contributed by atoms with Crippen LogP contribution in [0.3, 0.4) is 0 Å². The Balaban J connectivity index is 1.29. The number of anilines is 2. The quantitative estimate of drug-likeness (QED) is 0.207. The Bertz CT molecular complexity index is 1510. The highest BCUT2D eigenvalue weighted by molar-refractivity contribution is 5.96. The molecule has 3 aliphatic rings. The minimum absolute atomic E-state index is 0.139. The predicted molar refractivity (Wildman–Crippen MR) is 162 cm³/mol. The lowest BCUT2D eigenvalue weighted by Gasteiger charge is -2.41. The third-order valence-electron chi connectivity index (χ3n) is 8.27. The van der Waals surface area contributed by atoms with Gasteiger partial charge < -0.3 is 29.0 Å². The first-order chi connectivity index (χ1) is 20.6. The van der Waals surface area contributed by atoms with Crippen molar-refractivity contribution in [1.82, 2.24) is 19.9 Å².